The zero-order valence-electron chi connectivity index (χ0n) is 17.2. The highest BCUT2D eigenvalue weighted by Crippen LogP contribution is 2.39. The Labute approximate surface area is 173 Å². The molecule has 0 aliphatic carbocycles. The molecular formula is C18H32O12. The summed E-state index contributed by atoms with van der Waals surface area (Å²) < 4.78 is 27.9. The predicted octanol–water partition coefficient (Wildman–Crippen LogP) is -3.46. The first-order chi connectivity index (χ1) is 13.8. The monoisotopic (exact) mass is 440 g/mol. The van der Waals surface area contributed by atoms with Gasteiger partial charge in [-0.1, -0.05) is 0 Å². The van der Waals surface area contributed by atoms with Crippen LogP contribution in [0.5, 0.6) is 0 Å². The summed E-state index contributed by atoms with van der Waals surface area (Å²) in [5, 5.41) is 71.2. The van der Waals surface area contributed by atoms with Gasteiger partial charge in [0.15, 0.2) is 12.1 Å². The lowest BCUT2D eigenvalue weighted by Gasteiger charge is -2.44. The molecule has 4 unspecified atom stereocenters. The molecule has 3 rings (SSSR count). The first-order valence-electron chi connectivity index (χ1n) is 9.92. The maximum Gasteiger partial charge on any atom is 0.224 e. The fourth-order valence-corrected chi connectivity index (χ4v) is 3.97. The summed E-state index contributed by atoms with van der Waals surface area (Å²) in [6.45, 7) is 5.26. The van der Waals surface area contributed by atoms with Crippen molar-refractivity contribution in [3.63, 3.8) is 0 Å². The summed E-state index contributed by atoms with van der Waals surface area (Å²) in [4.78, 5) is 0. The minimum Gasteiger partial charge on any atom is -0.388 e. The maximum absolute atomic E-state index is 10.6. The lowest BCUT2D eigenvalue weighted by molar-refractivity contribution is -0.393. The van der Waals surface area contributed by atoms with Crippen molar-refractivity contribution in [3.05, 3.63) is 0 Å². The van der Waals surface area contributed by atoms with Crippen molar-refractivity contribution in [1.82, 2.24) is 0 Å². The molecule has 0 aromatic heterocycles. The molecule has 12 heteroatoms. The number of rotatable bonds is 5. The van der Waals surface area contributed by atoms with Crippen LogP contribution in [0.1, 0.15) is 27.7 Å². The van der Waals surface area contributed by atoms with Crippen LogP contribution in [0.2, 0.25) is 0 Å². The van der Waals surface area contributed by atoms with Crippen LogP contribution in [0, 0.1) is 0 Å². The smallest absolute Gasteiger partial charge is 0.224 e. The van der Waals surface area contributed by atoms with E-state index in [-0.39, 0.29) is 0 Å². The van der Waals surface area contributed by atoms with Crippen molar-refractivity contribution in [2.45, 2.75) is 107 Å². The minimum absolute atomic E-state index is 0.595. The molecule has 0 aromatic rings. The minimum atomic E-state index is -2.07. The molecule has 7 N–H and O–H groups in total. The molecule has 3 aliphatic heterocycles. The Hall–Kier alpha value is -0.480. The predicted molar refractivity (Wildman–Crippen MR) is 95.6 cm³/mol. The third-order valence-electron chi connectivity index (χ3n) is 6.09. The first kappa shape index (κ1) is 24.2. The molecule has 0 radical (unpaired) electrons. The average molecular weight is 440 g/mol. The SMILES string of the molecule is CC1O[C@H](O[C@]2(CO[C@]3(C)O[C@H](C)C(O)[C@H]3O)O[C@H](C)C(O)[C@H]2O)C(O)[C@H](O)[C@@H]1O. The van der Waals surface area contributed by atoms with Crippen LogP contribution in [0.3, 0.4) is 0 Å². The van der Waals surface area contributed by atoms with Gasteiger partial charge in [-0.05, 0) is 27.7 Å². The van der Waals surface area contributed by atoms with Gasteiger partial charge in [0.25, 0.3) is 0 Å². The standard InChI is InChI=1S/C18H32O12/c1-6-9(19)12(22)13(23)16(27-6)30-18(15(25)11(21)8(3)29-18)5-26-17(4)14(24)10(20)7(2)28-17/h6-16,19-25H,5H2,1-4H3/t6?,7-,8-,9-,10?,11?,12-,13?,14-,15-,16-,17-,18+/m1/s1. The van der Waals surface area contributed by atoms with Crippen LogP contribution >= 0.6 is 0 Å². The van der Waals surface area contributed by atoms with Gasteiger partial charge in [-0.2, -0.15) is 0 Å². The summed E-state index contributed by atoms with van der Waals surface area (Å²) in [5.74, 6) is -3.75. The summed E-state index contributed by atoms with van der Waals surface area (Å²) in [6.07, 6.45) is -14.4. The molecule has 3 saturated heterocycles. The van der Waals surface area contributed by atoms with Crippen molar-refractivity contribution < 1.29 is 59.4 Å². The Morgan fingerprint density at radius 1 is 0.700 bits per heavy atom. The summed E-state index contributed by atoms with van der Waals surface area (Å²) in [6, 6.07) is 0. The van der Waals surface area contributed by atoms with Gasteiger partial charge in [0.2, 0.25) is 5.79 Å². The summed E-state index contributed by atoms with van der Waals surface area (Å²) in [7, 11) is 0. The third kappa shape index (κ3) is 4.00. The summed E-state index contributed by atoms with van der Waals surface area (Å²) >= 11 is 0. The number of hydrogen-bond acceptors (Lipinski definition) is 12. The maximum atomic E-state index is 10.6. The fraction of sp³-hybridized carbons (Fsp3) is 1.00. The van der Waals surface area contributed by atoms with Gasteiger partial charge in [-0.3, -0.25) is 0 Å². The number of ether oxygens (including phenoxy) is 5. The second-order valence-corrected chi connectivity index (χ2v) is 8.43. The van der Waals surface area contributed by atoms with Gasteiger partial charge in [0.1, 0.15) is 49.3 Å². The van der Waals surface area contributed by atoms with Gasteiger partial charge in [0, 0.05) is 0 Å². The van der Waals surface area contributed by atoms with Crippen molar-refractivity contribution >= 4 is 0 Å². The number of aliphatic hydroxyl groups excluding tert-OH is 7. The van der Waals surface area contributed by atoms with Crippen LogP contribution in [0.25, 0.3) is 0 Å². The average Bonchev–Trinajstić information content (AvgIpc) is 3.03. The van der Waals surface area contributed by atoms with Gasteiger partial charge in [-0.25, -0.2) is 0 Å². The van der Waals surface area contributed by atoms with Crippen LogP contribution in [0.4, 0.5) is 0 Å². The van der Waals surface area contributed by atoms with Crippen LogP contribution in [-0.2, 0) is 23.7 Å². The molecule has 176 valence electrons. The van der Waals surface area contributed by atoms with E-state index in [0.717, 1.165) is 0 Å². The second-order valence-electron chi connectivity index (χ2n) is 8.43. The van der Waals surface area contributed by atoms with Crippen LogP contribution < -0.4 is 0 Å². The van der Waals surface area contributed by atoms with Crippen LogP contribution in [-0.4, -0.2) is 121 Å². The van der Waals surface area contributed by atoms with Gasteiger partial charge >= 0.3 is 0 Å². The second kappa shape index (κ2) is 8.46. The van der Waals surface area contributed by atoms with Gasteiger partial charge < -0.3 is 59.4 Å². The summed E-state index contributed by atoms with van der Waals surface area (Å²) in [5.41, 5.74) is 0. The first-order valence-corrected chi connectivity index (χ1v) is 9.92. The molecule has 13 atom stereocenters. The zero-order valence-corrected chi connectivity index (χ0v) is 17.2. The van der Waals surface area contributed by atoms with Crippen LogP contribution in [0.15, 0.2) is 0 Å². The molecule has 12 nitrogen and oxygen atoms in total. The van der Waals surface area contributed by atoms with E-state index in [1.54, 1.807) is 6.92 Å². The molecule has 3 heterocycles. The Bertz CT molecular complexity index is 608. The Morgan fingerprint density at radius 2 is 1.27 bits per heavy atom. The number of hydrogen-bond donors (Lipinski definition) is 7. The van der Waals surface area contributed by atoms with E-state index in [4.69, 9.17) is 23.7 Å². The van der Waals surface area contributed by atoms with Crippen molar-refractivity contribution in [2.75, 3.05) is 6.61 Å². The molecule has 30 heavy (non-hydrogen) atoms. The quantitative estimate of drug-likeness (QED) is 0.224. The normalized spacial score (nSPS) is 57.1. The van der Waals surface area contributed by atoms with E-state index in [9.17, 15) is 35.7 Å². The molecule has 0 bridgehead atoms. The van der Waals surface area contributed by atoms with Crippen molar-refractivity contribution in [2.24, 2.45) is 0 Å². The Morgan fingerprint density at radius 3 is 1.77 bits per heavy atom. The highest BCUT2D eigenvalue weighted by molar-refractivity contribution is 4.99. The molecule has 3 fully saturated rings. The Kier molecular flexibility index (Phi) is 6.82. The molecule has 3 aliphatic rings. The Balaban J connectivity index is 1.81. The van der Waals surface area contributed by atoms with E-state index in [1.165, 1.54) is 20.8 Å². The largest absolute Gasteiger partial charge is 0.388 e. The van der Waals surface area contributed by atoms with E-state index >= 15 is 0 Å². The van der Waals surface area contributed by atoms with E-state index in [0.29, 0.717) is 0 Å². The number of aliphatic hydroxyl groups is 7. The highest BCUT2D eigenvalue weighted by atomic mass is 16.8. The zero-order chi connectivity index (χ0) is 22.6. The third-order valence-corrected chi connectivity index (χ3v) is 6.09. The fourth-order valence-electron chi connectivity index (χ4n) is 3.97. The van der Waals surface area contributed by atoms with E-state index in [2.05, 4.69) is 0 Å². The lowest BCUT2D eigenvalue weighted by Crippen LogP contribution is -2.62. The molecule has 0 amide bonds. The van der Waals surface area contributed by atoms with Crippen molar-refractivity contribution in [3.8, 4) is 0 Å². The van der Waals surface area contributed by atoms with E-state index < -0.39 is 85.5 Å². The highest BCUT2D eigenvalue weighted by Gasteiger charge is 2.60. The topological polar surface area (TPSA) is 188 Å². The molecule has 0 spiro atoms. The van der Waals surface area contributed by atoms with Crippen molar-refractivity contribution in [1.29, 1.82) is 0 Å². The van der Waals surface area contributed by atoms with Gasteiger partial charge in [-0.15, -0.1) is 0 Å². The molecule has 0 saturated carbocycles. The molecule has 0 aromatic carbocycles. The molecular weight excluding hydrogens is 408 g/mol. The lowest BCUT2D eigenvalue weighted by atomic mass is 9.99. The van der Waals surface area contributed by atoms with E-state index in [1.807, 2.05) is 0 Å². The van der Waals surface area contributed by atoms with Gasteiger partial charge in [0.05, 0.1) is 18.3 Å².